The molecule has 1 saturated heterocycles. The van der Waals surface area contributed by atoms with E-state index in [9.17, 15) is 14.4 Å². The van der Waals surface area contributed by atoms with Crippen LogP contribution in [0.25, 0.3) is 6.08 Å². The number of carbonyl (C=O) groups excluding carboxylic acids is 3. The number of ether oxygens (including phenoxy) is 1. The van der Waals surface area contributed by atoms with Crippen LogP contribution in [0.2, 0.25) is 5.02 Å². The zero-order valence-electron chi connectivity index (χ0n) is 19.2. The van der Waals surface area contributed by atoms with Gasteiger partial charge in [0.1, 0.15) is 18.9 Å². The minimum atomic E-state index is -0.503. The van der Waals surface area contributed by atoms with Crippen molar-refractivity contribution >= 4 is 52.2 Å². The maximum absolute atomic E-state index is 12.8. The van der Waals surface area contributed by atoms with E-state index in [1.54, 1.807) is 24.3 Å². The number of hydrogen-bond acceptors (Lipinski definition) is 5. The third-order valence-corrected chi connectivity index (χ3v) is 6.61. The predicted octanol–water partition coefficient (Wildman–Crippen LogP) is 6.21. The van der Waals surface area contributed by atoms with Crippen LogP contribution in [0.3, 0.4) is 0 Å². The molecule has 1 aliphatic heterocycles. The molecule has 3 aromatic rings. The molecule has 178 valence electrons. The SMILES string of the molecule is Cc1cccc(COc2ccc(/C=C3/SC(=O)N(CC(=O)Nc4ccc(C)c(Cl)c4)C3=O)cc2)c1. The fourth-order valence-electron chi connectivity index (χ4n) is 3.43. The number of imide groups is 1. The summed E-state index contributed by atoms with van der Waals surface area (Å²) >= 11 is 6.89. The number of rotatable bonds is 7. The Labute approximate surface area is 212 Å². The van der Waals surface area contributed by atoms with Gasteiger partial charge in [-0.1, -0.05) is 59.6 Å². The molecule has 1 heterocycles. The maximum atomic E-state index is 12.8. The topological polar surface area (TPSA) is 75.7 Å². The van der Waals surface area contributed by atoms with Gasteiger partial charge in [0.15, 0.2) is 0 Å². The summed E-state index contributed by atoms with van der Waals surface area (Å²) in [7, 11) is 0. The van der Waals surface area contributed by atoms with Crippen LogP contribution in [0.5, 0.6) is 5.75 Å². The van der Waals surface area contributed by atoms with Crippen LogP contribution in [-0.2, 0) is 16.2 Å². The van der Waals surface area contributed by atoms with Gasteiger partial charge in [0.25, 0.3) is 11.1 Å². The van der Waals surface area contributed by atoms with E-state index in [-0.39, 0.29) is 11.4 Å². The number of halogens is 1. The molecule has 0 aliphatic carbocycles. The van der Waals surface area contributed by atoms with Gasteiger partial charge in [-0.2, -0.15) is 0 Å². The fraction of sp³-hybridized carbons (Fsp3) is 0.148. The second kappa shape index (κ2) is 10.8. The lowest BCUT2D eigenvalue weighted by molar-refractivity contribution is -0.127. The number of nitrogens with one attached hydrogen (secondary N) is 1. The summed E-state index contributed by atoms with van der Waals surface area (Å²) in [4.78, 5) is 38.7. The molecule has 3 aromatic carbocycles. The first-order chi connectivity index (χ1) is 16.8. The minimum Gasteiger partial charge on any atom is -0.489 e. The summed E-state index contributed by atoms with van der Waals surface area (Å²) in [5.41, 5.74) is 4.38. The number of nitrogens with zero attached hydrogens (tertiary/aromatic N) is 1. The van der Waals surface area contributed by atoms with E-state index in [4.69, 9.17) is 16.3 Å². The highest BCUT2D eigenvalue weighted by atomic mass is 35.5. The average molecular weight is 507 g/mol. The number of hydrogen-bond donors (Lipinski definition) is 1. The summed E-state index contributed by atoms with van der Waals surface area (Å²) in [6.45, 7) is 3.97. The normalized spacial score (nSPS) is 14.5. The molecule has 1 aliphatic rings. The predicted molar refractivity (Wildman–Crippen MR) is 139 cm³/mol. The maximum Gasteiger partial charge on any atom is 0.294 e. The Morgan fingerprint density at radius 2 is 1.83 bits per heavy atom. The Morgan fingerprint density at radius 3 is 2.54 bits per heavy atom. The van der Waals surface area contributed by atoms with E-state index in [1.165, 1.54) is 5.56 Å². The molecule has 0 saturated carbocycles. The highest BCUT2D eigenvalue weighted by molar-refractivity contribution is 8.18. The van der Waals surface area contributed by atoms with E-state index in [1.807, 2.05) is 56.3 Å². The zero-order valence-corrected chi connectivity index (χ0v) is 20.8. The molecule has 6 nitrogen and oxygen atoms in total. The first-order valence-corrected chi connectivity index (χ1v) is 12.1. The van der Waals surface area contributed by atoms with Crippen molar-refractivity contribution < 1.29 is 19.1 Å². The highest BCUT2D eigenvalue weighted by Gasteiger charge is 2.36. The van der Waals surface area contributed by atoms with Crippen LogP contribution in [-0.4, -0.2) is 28.5 Å². The summed E-state index contributed by atoms with van der Waals surface area (Å²) in [6, 6.07) is 20.5. The van der Waals surface area contributed by atoms with Crippen molar-refractivity contribution in [2.24, 2.45) is 0 Å². The quantitative estimate of drug-likeness (QED) is 0.385. The van der Waals surface area contributed by atoms with E-state index in [0.717, 1.165) is 33.4 Å². The van der Waals surface area contributed by atoms with Gasteiger partial charge in [-0.05, 0) is 72.6 Å². The van der Waals surface area contributed by atoms with Crippen LogP contribution >= 0.6 is 23.4 Å². The zero-order chi connectivity index (χ0) is 24.9. The average Bonchev–Trinajstić information content (AvgIpc) is 3.08. The Kier molecular flexibility index (Phi) is 7.58. The van der Waals surface area contributed by atoms with E-state index >= 15 is 0 Å². The molecule has 0 spiro atoms. The summed E-state index contributed by atoms with van der Waals surface area (Å²) in [6.07, 6.45) is 1.63. The number of thioether (sulfide) groups is 1. The van der Waals surface area contributed by atoms with Gasteiger partial charge in [0.05, 0.1) is 4.91 Å². The van der Waals surface area contributed by atoms with Crippen molar-refractivity contribution in [2.45, 2.75) is 20.5 Å². The monoisotopic (exact) mass is 506 g/mol. The van der Waals surface area contributed by atoms with E-state index in [2.05, 4.69) is 11.4 Å². The highest BCUT2D eigenvalue weighted by Crippen LogP contribution is 2.32. The Balaban J connectivity index is 1.36. The van der Waals surface area contributed by atoms with Crippen LogP contribution < -0.4 is 10.1 Å². The first-order valence-electron chi connectivity index (χ1n) is 10.9. The third-order valence-electron chi connectivity index (χ3n) is 5.30. The molecular weight excluding hydrogens is 484 g/mol. The molecule has 0 bridgehead atoms. The molecule has 0 aromatic heterocycles. The van der Waals surface area contributed by atoms with Crippen molar-refractivity contribution in [2.75, 3.05) is 11.9 Å². The van der Waals surface area contributed by atoms with Crippen molar-refractivity contribution in [3.05, 3.63) is 98.9 Å². The van der Waals surface area contributed by atoms with Crippen LogP contribution in [0.15, 0.2) is 71.6 Å². The number of anilines is 1. The summed E-state index contributed by atoms with van der Waals surface area (Å²) < 4.78 is 5.83. The molecule has 0 unspecified atom stereocenters. The standard InChI is InChI=1S/C27H23ClN2O4S/c1-17-4-3-5-20(12-17)16-34-22-10-7-19(8-11-22)13-24-26(32)30(27(33)35-24)15-25(31)29-21-9-6-18(2)23(28)14-21/h3-14H,15-16H2,1-2H3,(H,29,31)/b24-13+. The molecule has 8 heteroatoms. The van der Waals surface area contributed by atoms with Gasteiger partial charge in [0.2, 0.25) is 5.91 Å². The molecule has 3 amide bonds. The number of carbonyl (C=O) groups is 3. The molecule has 1 fully saturated rings. The Hall–Kier alpha value is -3.55. The second-order valence-electron chi connectivity index (χ2n) is 8.13. The van der Waals surface area contributed by atoms with Gasteiger partial charge >= 0.3 is 0 Å². The van der Waals surface area contributed by atoms with Gasteiger partial charge < -0.3 is 10.1 Å². The lowest BCUT2D eigenvalue weighted by Gasteiger charge is -2.13. The lowest BCUT2D eigenvalue weighted by atomic mass is 10.1. The van der Waals surface area contributed by atoms with Gasteiger partial charge in [-0.25, -0.2) is 0 Å². The number of benzene rings is 3. The number of amides is 3. The molecule has 1 N–H and O–H groups in total. The van der Waals surface area contributed by atoms with Gasteiger partial charge in [-0.3, -0.25) is 19.3 Å². The largest absolute Gasteiger partial charge is 0.489 e. The summed E-state index contributed by atoms with van der Waals surface area (Å²) in [5, 5.41) is 2.69. The van der Waals surface area contributed by atoms with Crippen molar-refractivity contribution in [1.29, 1.82) is 0 Å². The van der Waals surface area contributed by atoms with E-state index in [0.29, 0.717) is 23.1 Å². The van der Waals surface area contributed by atoms with Crippen molar-refractivity contribution in [1.82, 2.24) is 4.90 Å². The molecule has 4 rings (SSSR count). The third kappa shape index (κ3) is 6.32. The van der Waals surface area contributed by atoms with Gasteiger partial charge in [-0.15, -0.1) is 0 Å². The lowest BCUT2D eigenvalue weighted by Crippen LogP contribution is -2.36. The van der Waals surface area contributed by atoms with Crippen molar-refractivity contribution in [3.8, 4) is 5.75 Å². The minimum absolute atomic E-state index is 0.259. The second-order valence-corrected chi connectivity index (χ2v) is 9.53. The fourth-order valence-corrected chi connectivity index (χ4v) is 4.45. The molecule has 0 radical (unpaired) electrons. The first kappa shape index (κ1) is 24.6. The van der Waals surface area contributed by atoms with Gasteiger partial charge in [0, 0.05) is 10.7 Å². The van der Waals surface area contributed by atoms with Crippen LogP contribution in [0.1, 0.15) is 22.3 Å². The van der Waals surface area contributed by atoms with Crippen LogP contribution in [0.4, 0.5) is 10.5 Å². The molecule has 35 heavy (non-hydrogen) atoms. The number of aryl methyl sites for hydroxylation is 2. The van der Waals surface area contributed by atoms with Crippen LogP contribution in [0, 0.1) is 13.8 Å². The Bertz CT molecular complexity index is 1320. The summed E-state index contributed by atoms with van der Waals surface area (Å²) in [5.74, 6) is -0.287. The Morgan fingerprint density at radius 1 is 1.06 bits per heavy atom. The molecular formula is C27H23ClN2O4S. The smallest absolute Gasteiger partial charge is 0.294 e. The van der Waals surface area contributed by atoms with Crippen molar-refractivity contribution in [3.63, 3.8) is 0 Å². The van der Waals surface area contributed by atoms with E-state index < -0.39 is 17.1 Å². The molecule has 0 atom stereocenters.